The van der Waals surface area contributed by atoms with Gasteiger partial charge < -0.3 is 9.31 Å². The van der Waals surface area contributed by atoms with Gasteiger partial charge in [0.05, 0.1) is 16.5 Å². The maximum absolute atomic E-state index is 12.1. The van der Waals surface area contributed by atoms with Crippen molar-refractivity contribution in [3.8, 4) is 0 Å². The van der Waals surface area contributed by atoms with Gasteiger partial charge in [-0.1, -0.05) is 35.9 Å². The lowest BCUT2D eigenvalue weighted by Crippen LogP contribution is -2.41. The summed E-state index contributed by atoms with van der Waals surface area (Å²) in [5, 5.41) is 0.701. The summed E-state index contributed by atoms with van der Waals surface area (Å²) >= 11 is 0. The molecule has 0 aromatic heterocycles. The molecule has 0 spiro atoms. The second-order valence-corrected chi connectivity index (χ2v) is 10.5. The predicted octanol–water partition coefficient (Wildman–Crippen LogP) is 3.14. The summed E-state index contributed by atoms with van der Waals surface area (Å²) in [5.41, 5.74) is 3.21. The van der Waals surface area contributed by atoms with Crippen LogP contribution in [0.15, 0.2) is 35.9 Å². The van der Waals surface area contributed by atoms with Gasteiger partial charge in [0.2, 0.25) is 0 Å². The molecule has 2 bridgehead atoms. The molecule has 134 valence electrons. The van der Waals surface area contributed by atoms with Gasteiger partial charge in [0.1, 0.15) is 0 Å². The maximum Gasteiger partial charge on any atom is 0.494 e. The Hall–Kier alpha value is -0.905. The zero-order chi connectivity index (χ0) is 17.8. The fourth-order valence-electron chi connectivity index (χ4n) is 3.95. The number of hydrogen-bond donors (Lipinski definition) is 0. The molecule has 2 saturated heterocycles. The lowest BCUT2D eigenvalue weighted by Gasteiger charge is -2.32. The van der Waals surface area contributed by atoms with Crippen molar-refractivity contribution in [3.63, 3.8) is 0 Å². The highest BCUT2D eigenvalue weighted by atomic mass is 32.2. The monoisotopic (exact) mass is 358 g/mol. The van der Waals surface area contributed by atoms with Gasteiger partial charge in [0.25, 0.3) is 0 Å². The average Bonchev–Trinajstić information content (AvgIpc) is 2.88. The molecular formula is C20H27BO3S. The highest BCUT2D eigenvalue weighted by Crippen LogP contribution is 2.37. The number of fused-ring (bicyclic) bond motifs is 2. The van der Waals surface area contributed by atoms with Crippen LogP contribution in [0.1, 0.15) is 52.5 Å². The zero-order valence-corrected chi connectivity index (χ0v) is 16.4. The van der Waals surface area contributed by atoms with E-state index in [0.717, 1.165) is 31.1 Å². The average molecular weight is 358 g/mol. The summed E-state index contributed by atoms with van der Waals surface area (Å²) in [4.78, 5) is 0. The third kappa shape index (κ3) is 3.15. The van der Waals surface area contributed by atoms with E-state index >= 15 is 0 Å². The van der Waals surface area contributed by atoms with Gasteiger partial charge in [-0.15, -0.1) is 0 Å². The van der Waals surface area contributed by atoms with Crippen LogP contribution in [0.25, 0.3) is 0 Å². The Bertz CT molecular complexity index is 707. The second kappa shape index (κ2) is 6.07. The van der Waals surface area contributed by atoms with Crippen molar-refractivity contribution < 1.29 is 13.5 Å². The number of hydrogen-bond acceptors (Lipinski definition) is 3. The fraction of sp³-hybridized carbons (Fsp3) is 0.600. The lowest BCUT2D eigenvalue weighted by molar-refractivity contribution is 0.00578. The van der Waals surface area contributed by atoms with Gasteiger partial charge in [0, 0.05) is 16.0 Å². The van der Waals surface area contributed by atoms with Crippen LogP contribution in [0.5, 0.6) is 0 Å². The van der Waals surface area contributed by atoms with Gasteiger partial charge in [-0.2, -0.15) is 0 Å². The molecule has 1 aromatic carbocycles. The predicted molar refractivity (Wildman–Crippen MR) is 104 cm³/mol. The summed E-state index contributed by atoms with van der Waals surface area (Å²) in [6.45, 7) is 8.31. The van der Waals surface area contributed by atoms with Crippen molar-refractivity contribution in [2.45, 2.75) is 75.1 Å². The molecule has 3 heterocycles. The highest BCUT2D eigenvalue weighted by Gasteiger charge is 2.51. The van der Waals surface area contributed by atoms with E-state index in [2.05, 4.69) is 58.0 Å². The van der Waals surface area contributed by atoms with Crippen molar-refractivity contribution in [2.75, 3.05) is 0 Å². The molecule has 3 aliphatic rings. The normalized spacial score (nSPS) is 32.7. The van der Waals surface area contributed by atoms with E-state index in [9.17, 15) is 4.21 Å². The Morgan fingerprint density at radius 1 is 1.08 bits per heavy atom. The molecule has 3 aliphatic heterocycles. The third-order valence-electron chi connectivity index (χ3n) is 6.25. The van der Waals surface area contributed by atoms with E-state index < -0.39 is 10.8 Å². The number of rotatable bonds is 3. The lowest BCUT2D eigenvalue weighted by atomic mass is 9.78. The SMILES string of the molecule is CC1(C)OB(c2ccc(CC3=CC4CCC(C3)S4=O)cc2)OC1(C)C. The van der Waals surface area contributed by atoms with Crippen LogP contribution >= 0.6 is 0 Å². The molecule has 3 nitrogen and oxygen atoms in total. The molecule has 0 aliphatic carbocycles. The van der Waals surface area contributed by atoms with Crippen molar-refractivity contribution in [3.05, 3.63) is 41.5 Å². The Morgan fingerprint density at radius 3 is 2.32 bits per heavy atom. The molecule has 0 saturated carbocycles. The van der Waals surface area contributed by atoms with E-state index in [1.807, 2.05) is 0 Å². The number of allylic oxidation sites excluding steroid dienone is 1. The van der Waals surface area contributed by atoms with Gasteiger partial charge in [-0.25, -0.2) is 0 Å². The Kier molecular flexibility index (Phi) is 4.25. The second-order valence-electron chi connectivity index (χ2n) is 8.60. The summed E-state index contributed by atoms with van der Waals surface area (Å²) in [5.74, 6) is 0. The van der Waals surface area contributed by atoms with Crippen molar-refractivity contribution in [1.82, 2.24) is 0 Å². The molecule has 0 N–H and O–H groups in total. The molecular weight excluding hydrogens is 331 g/mol. The van der Waals surface area contributed by atoms with Crippen molar-refractivity contribution >= 4 is 23.4 Å². The number of benzene rings is 1. The molecule has 2 fully saturated rings. The van der Waals surface area contributed by atoms with Crippen LogP contribution in [-0.4, -0.2) is 33.0 Å². The first kappa shape index (κ1) is 17.5. The first-order valence-electron chi connectivity index (χ1n) is 9.29. The smallest absolute Gasteiger partial charge is 0.399 e. The molecule has 3 atom stereocenters. The summed E-state index contributed by atoms with van der Waals surface area (Å²) < 4.78 is 24.4. The minimum Gasteiger partial charge on any atom is -0.399 e. The molecule has 0 amide bonds. The summed E-state index contributed by atoms with van der Waals surface area (Å²) in [6.07, 6.45) is 6.47. The van der Waals surface area contributed by atoms with Crippen LogP contribution in [-0.2, 0) is 26.5 Å². The van der Waals surface area contributed by atoms with Crippen LogP contribution in [0.3, 0.4) is 0 Å². The van der Waals surface area contributed by atoms with Gasteiger partial charge >= 0.3 is 7.12 Å². The molecule has 5 heteroatoms. The maximum atomic E-state index is 12.1. The largest absolute Gasteiger partial charge is 0.494 e. The van der Waals surface area contributed by atoms with Crippen molar-refractivity contribution in [2.24, 2.45) is 0 Å². The molecule has 4 rings (SSSR count). The molecule has 0 radical (unpaired) electrons. The first-order chi connectivity index (χ1) is 11.7. The van der Waals surface area contributed by atoms with E-state index in [1.165, 1.54) is 11.1 Å². The van der Waals surface area contributed by atoms with Crippen LogP contribution in [0.2, 0.25) is 0 Å². The van der Waals surface area contributed by atoms with Gasteiger partial charge in [-0.3, -0.25) is 4.21 Å². The van der Waals surface area contributed by atoms with Gasteiger partial charge in [0.15, 0.2) is 0 Å². The Balaban J connectivity index is 1.45. The van der Waals surface area contributed by atoms with E-state index in [1.54, 1.807) is 0 Å². The minimum atomic E-state index is -0.627. The Labute approximate surface area is 153 Å². The molecule has 1 aromatic rings. The first-order valence-corrected chi connectivity index (χ1v) is 10.6. The minimum absolute atomic E-state index is 0.300. The van der Waals surface area contributed by atoms with Gasteiger partial charge in [-0.05, 0) is 64.4 Å². The van der Waals surface area contributed by atoms with Crippen LogP contribution in [0.4, 0.5) is 0 Å². The zero-order valence-electron chi connectivity index (χ0n) is 15.6. The Morgan fingerprint density at radius 2 is 1.72 bits per heavy atom. The summed E-state index contributed by atoms with van der Waals surface area (Å²) in [7, 11) is -0.927. The van der Waals surface area contributed by atoms with E-state index in [4.69, 9.17) is 9.31 Å². The van der Waals surface area contributed by atoms with Crippen LogP contribution in [0, 0.1) is 0 Å². The summed E-state index contributed by atoms with van der Waals surface area (Å²) in [6, 6.07) is 8.59. The van der Waals surface area contributed by atoms with E-state index in [0.29, 0.717) is 10.5 Å². The van der Waals surface area contributed by atoms with Crippen molar-refractivity contribution in [1.29, 1.82) is 0 Å². The standard InChI is InChI=1S/C20H27BO3S/c1-19(2)20(3,4)24-21(23-19)16-7-5-14(6-8-16)11-15-12-17-9-10-18(13-15)25(17)22/h5-8,12,17-18H,9-11,13H2,1-4H3. The van der Waals surface area contributed by atoms with Crippen LogP contribution < -0.4 is 5.46 Å². The molecule has 25 heavy (non-hydrogen) atoms. The third-order valence-corrected chi connectivity index (χ3v) is 8.28. The van der Waals surface area contributed by atoms with E-state index in [-0.39, 0.29) is 18.3 Å². The highest BCUT2D eigenvalue weighted by molar-refractivity contribution is 7.86. The topological polar surface area (TPSA) is 35.5 Å². The molecule has 3 unspecified atom stereocenters. The fourth-order valence-corrected chi connectivity index (χ4v) is 5.89. The quantitative estimate of drug-likeness (QED) is 0.615.